The zero-order valence-electron chi connectivity index (χ0n) is 22.6. The Balaban J connectivity index is 1.67. The van der Waals surface area contributed by atoms with Crippen LogP contribution in [0.1, 0.15) is 113 Å². The third-order valence-corrected chi connectivity index (χ3v) is 12.1. The predicted octanol–water partition coefficient (Wildman–Crippen LogP) is 6.71. The van der Waals surface area contributed by atoms with Crippen molar-refractivity contribution in [2.24, 2.45) is 45.3 Å². The van der Waals surface area contributed by atoms with Crippen LogP contribution >= 0.6 is 0 Å². The van der Waals surface area contributed by atoms with Crippen LogP contribution in [-0.2, 0) is 4.79 Å². The highest BCUT2D eigenvalue weighted by molar-refractivity contribution is 5.85. The third-order valence-electron chi connectivity index (χ3n) is 12.1. The average Bonchev–Trinajstić information content (AvgIpc) is 3.08. The van der Waals surface area contributed by atoms with Gasteiger partial charge in [-0.2, -0.15) is 0 Å². The highest BCUT2D eigenvalue weighted by atomic mass is 16.3. The number of aliphatic hydroxyl groups excluding tert-OH is 1. The van der Waals surface area contributed by atoms with Crippen molar-refractivity contribution in [3.8, 4) is 0 Å². The van der Waals surface area contributed by atoms with Crippen molar-refractivity contribution in [3.05, 3.63) is 11.6 Å². The maximum atomic E-state index is 12.9. The number of aliphatic hydroxyl groups is 2. The second kappa shape index (κ2) is 7.92. The molecule has 0 bridgehead atoms. The molecule has 0 aromatic rings. The molecule has 4 aliphatic carbocycles. The van der Waals surface area contributed by atoms with E-state index in [0.717, 1.165) is 51.4 Å². The first-order valence-electron chi connectivity index (χ1n) is 13.7. The Morgan fingerprint density at radius 3 is 2.30 bits per heavy atom. The quantitative estimate of drug-likeness (QED) is 0.460. The second-order valence-electron chi connectivity index (χ2n) is 14.3. The monoisotopic (exact) mass is 458 g/mol. The molecule has 9 atom stereocenters. The predicted molar refractivity (Wildman–Crippen MR) is 135 cm³/mol. The lowest BCUT2D eigenvalue weighted by atomic mass is 9.35. The highest BCUT2D eigenvalue weighted by Gasteiger charge is 2.71. The molecule has 0 heterocycles. The number of fused-ring (bicyclic) bond motifs is 5. The first-order valence-corrected chi connectivity index (χ1v) is 13.7. The number of hydrogen-bond acceptors (Lipinski definition) is 3. The molecule has 0 amide bonds. The van der Waals surface area contributed by atoms with Crippen LogP contribution < -0.4 is 0 Å². The molecule has 1 unspecified atom stereocenters. The molecule has 3 nitrogen and oxygen atoms in total. The van der Waals surface area contributed by atoms with Crippen LogP contribution in [0.5, 0.6) is 0 Å². The summed E-state index contributed by atoms with van der Waals surface area (Å²) in [5.74, 6) is 1.57. The molecule has 0 aliphatic heterocycles. The van der Waals surface area contributed by atoms with E-state index in [1.165, 1.54) is 5.57 Å². The van der Waals surface area contributed by atoms with Gasteiger partial charge in [-0.05, 0) is 112 Å². The molecule has 4 aliphatic rings. The van der Waals surface area contributed by atoms with Gasteiger partial charge < -0.3 is 10.2 Å². The zero-order valence-corrected chi connectivity index (χ0v) is 22.6. The van der Waals surface area contributed by atoms with Gasteiger partial charge in [0, 0.05) is 11.8 Å². The molecule has 0 aromatic heterocycles. The summed E-state index contributed by atoms with van der Waals surface area (Å²) < 4.78 is 0. The molecule has 0 radical (unpaired) electrons. The SMILES string of the molecule is CC(C)=CCC[C@](C)(O)[C@H]1CC[C@@]2(C)[C@H]1[C@H](O)C[C@@H]1[C@@]3(C)CCC(=O)C(C)(C)C3CC[C@]12C. The molecule has 0 aromatic carbocycles. The Morgan fingerprint density at radius 2 is 1.67 bits per heavy atom. The van der Waals surface area contributed by atoms with E-state index in [0.29, 0.717) is 24.0 Å². The van der Waals surface area contributed by atoms with Gasteiger partial charge in [0.15, 0.2) is 0 Å². The van der Waals surface area contributed by atoms with E-state index >= 15 is 0 Å². The molecule has 33 heavy (non-hydrogen) atoms. The molecule has 0 saturated heterocycles. The molecule has 3 heteroatoms. The number of Topliss-reactive ketones (excluding diaryl/α,β-unsaturated/α-hetero) is 1. The van der Waals surface area contributed by atoms with E-state index in [4.69, 9.17) is 0 Å². The number of hydrogen-bond donors (Lipinski definition) is 2. The van der Waals surface area contributed by atoms with Gasteiger partial charge >= 0.3 is 0 Å². The minimum absolute atomic E-state index is 0.0279. The molecular formula is C30H50O3. The Morgan fingerprint density at radius 1 is 1.03 bits per heavy atom. The van der Waals surface area contributed by atoms with Crippen LogP contribution in [0.3, 0.4) is 0 Å². The van der Waals surface area contributed by atoms with Gasteiger partial charge in [-0.15, -0.1) is 0 Å². The van der Waals surface area contributed by atoms with Gasteiger partial charge in [0.2, 0.25) is 0 Å². The minimum atomic E-state index is -0.751. The van der Waals surface area contributed by atoms with Crippen molar-refractivity contribution in [1.29, 1.82) is 0 Å². The van der Waals surface area contributed by atoms with E-state index in [1.54, 1.807) is 0 Å². The van der Waals surface area contributed by atoms with Crippen molar-refractivity contribution in [3.63, 3.8) is 0 Å². The number of carbonyl (C=O) groups is 1. The fourth-order valence-electron chi connectivity index (χ4n) is 10.1. The first kappa shape index (κ1) is 25.4. The number of allylic oxidation sites excluding steroid dienone is 2. The van der Waals surface area contributed by atoms with Gasteiger partial charge in [0.25, 0.3) is 0 Å². The summed E-state index contributed by atoms with van der Waals surface area (Å²) in [5.41, 5.74) is 0.560. The van der Waals surface area contributed by atoms with Crippen molar-refractivity contribution in [2.75, 3.05) is 0 Å². The second-order valence-corrected chi connectivity index (χ2v) is 14.3. The molecule has 0 spiro atoms. The first-order chi connectivity index (χ1) is 15.1. The minimum Gasteiger partial charge on any atom is -0.393 e. The standard InChI is InChI=1S/C30H50O3/c1-19(2)10-9-14-30(8,33)20-11-16-29(7)25(20)21(31)18-23-27(5)15-13-24(32)26(3,4)22(27)12-17-28(23,29)6/h10,20-23,25,31,33H,9,11-18H2,1-8H3/t20-,21+,22?,23+,25+,27-,28+,29-,30-/m0/s1. The summed E-state index contributed by atoms with van der Waals surface area (Å²) in [5, 5.41) is 23.4. The maximum absolute atomic E-state index is 12.9. The number of rotatable bonds is 4. The summed E-state index contributed by atoms with van der Waals surface area (Å²) in [4.78, 5) is 12.9. The van der Waals surface area contributed by atoms with Crippen LogP contribution in [-0.4, -0.2) is 27.7 Å². The Bertz CT molecular complexity index is 820. The van der Waals surface area contributed by atoms with Gasteiger partial charge in [0.1, 0.15) is 5.78 Å². The smallest absolute Gasteiger partial charge is 0.138 e. The third kappa shape index (κ3) is 3.53. The zero-order chi connectivity index (χ0) is 24.6. The molecule has 2 N–H and O–H groups in total. The van der Waals surface area contributed by atoms with E-state index < -0.39 is 5.60 Å². The van der Waals surface area contributed by atoms with E-state index in [1.807, 2.05) is 6.92 Å². The summed E-state index contributed by atoms with van der Waals surface area (Å²) in [6, 6.07) is 0. The van der Waals surface area contributed by atoms with Crippen molar-refractivity contribution < 1.29 is 15.0 Å². The summed E-state index contributed by atoms with van der Waals surface area (Å²) in [6.07, 6.45) is 10.4. The molecule has 4 rings (SSSR count). The fraction of sp³-hybridized carbons (Fsp3) is 0.900. The van der Waals surface area contributed by atoms with Gasteiger partial charge in [-0.1, -0.05) is 46.3 Å². The van der Waals surface area contributed by atoms with Gasteiger partial charge in [0.05, 0.1) is 11.7 Å². The van der Waals surface area contributed by atoms with Crippen molar-refractivity contribution >= 4 is 5.78 Å². The molecule has 188 valence electrons. The number of ketones is 1. The van der Waals surface area contributed by atoms with Crippen LogP contribution in [0.4, 0.5) is 0 Å². The summed E-state index contributed by atoms with van der Waals surface area (Å²) in [7, 11) is 0. The van der Waals surface area contributed by atoms with E-state index in [9.17, 15) is 15.0 Å². The normalized spacial score (nSPS) is 48.3. The Hall–Kier alpha value is -0.670. The average molecular weight is 459 g/mol. The topological polar surface area (TPSA) is 57.5 Å². The summed E-state index contributed by atoms with van der Waals surface area (Å²) in [6.45, 7) is 18.0. The molecule has 4 saturated carbocycles. The molecular weight excluding hydrogens is 408 g/mol. The lowest BCUT2D eigenvalue weighted by molar-refractivity contribution is -0.232. The maximum Gasteiger partial charge on any atom is 0.138 e. The lowest BCUT2D eigenvalue weighted by Gasteiger charge is -2.69. The molecule has 4 fully saturated rings. The number of carbonyl (C=O) groups excluding carboxylic acids is 1. The van der Waals surface area contributed by atoms with E-state index in [2.05, 4.69) is 54.5 Å². The lowest BCUT2D eigenvalue weighted by Crippen LogP contribution is -2.66. The van der Waals surface area contributed by atoms with Crippen LogP contribution in [0.25, 0.3) is 0 Å². The van der Waals surface area contributed by atoms with Gasteiger partial charge in [-0.3, -0.25) is 4.79 Å². The fourth-order valence-corrected chi connectivity index (χ4v) is 10.1. The van der Waals surface area contributed by atoms with Crippen LogP contribution in [0.15, 0.2) is 11.6 Å². The van der Waals surface area contributed by atoms with Crippen molar-refractivity contribution in [1.82, 2.24) is 0 Å². The van der Waals surface area contributed by atoms with E-state index in [-0.39, 0.29) is 39.6 Å². The Kier molecular flexibility index (Phi) is 6.10. The van der Waals surface area contributed by atoms with Crippen LogP contribution in [0.2, 0.25) is 0 Å². The summed E-state index contributed by atoms with van der Waals surface area (Å²) >= 11 is 0. The van der Waals surface area contributed by atoms with Crippen molar-refractivity contribution in [2.45, 2.75) is 125 Å². The highest BCUT2D eigenvalue weighted by Crippen LogP contribution is 2.75. The Labute approximate surface area is 202 Å². The van der Waals surface area contributed by atoms with Gasteiger partial charge in [-0.25, -0.2) is 0 Å². The largest absolute Gasteiger partial charge is 0.393 e. The van der Waals surface area contributed by atoms with Crippen LogP contribution in [0, 0.1) is 45.3 Å².